The highest BCUT2D eigenvalue weighted by Gasteiger charge is 2.11. The molecule has 2 rings (SSSR count). The van der Waals surface area contributed by atoms with E-state index >= 15 is 0 Å². The van der Waals surface area contributed by atoms with Gasteiger partial charge < -0.3 is 4.90 Å². The largest absolute Gasteiger partial charge is 0.378 e. The van der Waals surface area contributed by atoms with E-state index in [1.807, 2.05) is 43.3 Å². The van der Waals surface area contributed by atoms with Crippen LogP contribution in [0.2, 0.25) is 0 Å². The summed E-state index contributed by atoms with van der Waals surface area (Å²) in [5, 5.41) is 8.19. The minimum atomic E-state index is -3.67. The first-order valence-electron chi connectivity index (χ1n) is 6.52. The van der Waals surface area contributed by atoms with E-state index in [-0.39, 0.29) is 4.90 Å². The fourth-order valence-corrected chi connectivity index (χ4v) is 2.37. The lowest BCUT2D eigenvalue weighted by Crippen LogP contribution is -2.07. The molecule has 0 saturated heterocycles. The van der Waals surface area contributed by atoms with Crippen LogP contribution in [0.15, 0.2) is 63.7 Å². The summed E-state index contributed by atoms with van der Waals surface area (Å²) < 4.78 is 27.4. The first-order valence-corrected chi connectivity index (χ1v) is 7.93. The Morgan fingerprint density at radius 2 is 1.32 bits per heavy atom. The number of nitrogens with zero attached hydrogens (tertiary/aromatic N) is 3. The monoisotopic (exact) mass is 319 g/mol. The molecule has 0 spiro atoms. The molecule has 0 N–H and O–H groups in total. The highest BCUT2D eigenvalue weighted by molar-refractivity contribution is 7.86. The van der Waals surface area contributed by atoms with E-state index in [1.54, 1.807) is 12.1 Å². The minimum absolute atomic E-state index is 0.0873. The van der Waals surface area contributed by atoms with Gasteiger partial charge in [0, 0.05) is 19.8 Å². The molecule has 0 bridgehead atoms. The van der Waals surface area contributed by atoms with Crippen molar-refractivity contribution in [2.45, 2.75) is 4.90 Å². The standard InChI is InChI=1S/C15H17N3O3S/c1-18(2)14-8-4-12(5-9-14)16-17-13-6-10-15(11-7-13)22(19,20)21-3/h4-11H,1-3H3. The Morgan fingerprint density at radius 1 is 0.864 bits per heavy atom. The predicted octanol–water partition coefficient (Wildman–Crippen LogP) is 3.50. The van der Waals surface area contributed by atoms with Crippen LogP contribution in [0.4, 0.5) is 17.1 Å². The number of hydrogen-bond acceptors (Lipinski definition) is 6. The molecule has 2 aromatic carbocycles. The minimum Gasteiger partial charge on any atom is -0.378 e. The summed E-state index contributed by atoms with van der Waals surface area (Å²) in [6.45, 7) is 0. The second-order valence-electron chi connectivity index (χ2n) is 4.73. The van der Waals surface area contributed by atoms with Crippen LogP contribution in [0, 0.1) is 0 Å². The molecule has 22 heavy (non-hydrogen) atoms. The van der Waals surface area contributed by atoms with Crippen LogP contribution in [0.25, 0.3) is 0 Å². The van der Waals surface area contributed by atoms with Gasteiger partial charge in [-0.25, -0.2) is 0 Å². The Bertz CT molecular complexity index is 752. The van der Waals surface area contributed by atoms with E-state index in [2.05, 4.69) is 14.4 Å². The second kappa shape index (κ2) is 6.67. The Hall–Kier alpha value is -2.25. The first kappa shape index (κ1) is 16.1. The molecular weight excluding hydrogens is 302 g/mol. The van der Waals surface area contributed by atoms with E-state index in [1.165, 1.54) is 12.1 Å². The van der Waals surface area contributed by atoms with Gasteiger partial charge in [-0.1, -0.05) is 0 Å². The zero-order valence-corrected chi connectivity index (χ0v) is 13.4. The van der Waals surface area contributed by atoms with Crippen molar-refractivity contribution < 1.29 is 12.6 Å². The third kappa shape index (κ3) is 3.90. The Labute approximate surface area is 130 Å². The van der Waals surface area contributed by atoms with Crippen molar-refractivity contribution >= 4 is 27.2 Å². The second-order valence-corrected chi connectivity index (χ2v) is 6.44. The number of benzene rings is 2. The van der Waals surface area contributed by atoms with Crippen LogP contribution < -0.4 is 4.90 Å². The van der Waals surface area contributed by atoms with Crippen molar-refractivity contribution in [2.75, 3.05) is 26.1 Å². The van der Waals surface area contributed by atoms with Gasteiger partial charge in [0.05, 0.1) is 23.4 Å². The van der Waals surface area contributed by atoms with Gasteiger partial charge in [0.1, 0.15) is 0 Å². The molecule has 2 aromatic rings. The predicted molar refractivity (Wildman–Crippen MR) is 85.6 cm³/mol. The maximum atomic E-state index is 11.5. The van der Waals surface area contributed by atoms with Gasteiger partial charge in [0.2, 0.25) is 0 Å². The van der Waals surface area contributed by atoms with E-state index in [9.17, 15) is 8.42 Å². The van der Waals surface area contributed by atoms with E-state index < -0.39 is 10.1 Å². The highest BCUT2D eigenvalue weighted by Crippen LogP contribution is 2.22. The van der Waals surface area contributed by atoms with Crippen molar-refractivity contribution in [1.82, 2.24) is 0 Å². The average Bonchev–Trinajstić information content (AvgIpc) is 2.53. The molecule has 0 aliphatic carbocycles. The molecule has 116 valence electrons. The molecule has 0 saturated carbocycles. The summed E-state index contributed by atoms with van der Waals surface area (Å²) >= 11 is 0. The van der Waals surface area contributed by atoms with Crippen molar-refractivity contribution in [3.8, 4) is 0 Å². The summed E-state index contributed by atoms with van der Waals surface area (Å²) in [4.78, 5) is 2.08. The van der Waals surface area contributed by atoms with Crippen LogP contribution in [0.1, 0.15) is 0 Å². The van der Waals surface area contributed by atoms with Crippen LogP contribution in [0.3, 0.4) is 0 Å². The Balaban J connectivity index is 2.13. The number of hydrogen-bond donors (Lipinski definition) is 0. The maximum Gasteiger partial charge on any atom is 0.296 e. The van der Waals surface area contributed by atoms with Crippen molar-refractivity contribution in [3.05, 3.63) is 48.5 Å². The van der Waals surface area contributed by atoms with Gasteiger partial charge in [-0.2, -0.15) is 18.6 Å². The van der Waals surface area contributed by atoms with Crippen molar-refractivity contribution in [2.24, 2.45) is 10.2 Å². The molecule has 0 aliphatic heterocycles. The molecule has 0 heterocycles. The Morgan fingerprint density at radius 3 is 1.73 bits per heavy atom. The number of rotatable bonds is 5. The molecule has 0 aromatic heterocycles. The summed E-state index contributed by atoms with van der Waals surface area (Å²) in [6.07, 6.45) is 0. The van der Waals surface area contributed by atoms with Crippen LogP contribution in [0.5, 0.6) is 0 Å². The summed E-state index contributed by atoms with van der Waals surface area (Å²) in [6, 6.07) is 13.6. The van der Waals surface area contributed by atoms with Crippen LogP contribution >= 0.6 is 0 Å². The van der Waals surface area contributed by atoms with Gasteiger partial charge in [-0.3, -0.25) is 4.18 Å². The maximum absolute atomic E-state index is 11.5. The Kier molecular flexibility index (Phi) is 4.89. The lowest BCUT2D eigenvalue weighted by molar-refractivity contribution is 0.398. The third-order valence-electron chi connectivity index (χ3n) is 2.99. The van der Waals surface area contributed by atoms with Crippen LogP contribution in [-0.2, 0) is 14.3 Å². The lowest BCUT2D eigenvalue weighted by Gasteiger charge is -2.11. The highest BCUT2D eigenvalue weighted by atomic mass is 32.2. The summed E-state index contributed by atoms with van der Waals surface area (Å²) in [5.74, 6) is 0. The molecule has 0 radical (unpaired) electrons. The molecule has 0 unspecified atom stereocenters. The topological polar surface area (TPSA) is 71.3 Å². The fraction of sp³-hybridized carbons (Fsp3) is 0.200. The van der Waals surface area contributed by atoms with E-state index in [4.69, 9.17) is 0 Å². The molecule has 0 fully saturated rings. The zero-order chi connectivity index (χ0) is 16.2. The van der Waals surface area contributed by atoms with Gasteiger partial charge in [-0.15, -0.1) is 0 Å². The SMILES string of the molecule is COS(=O)(=O)c1ccc(N=Nc2ccc(N(C)C)cc2)cc1. The molecule has 0 amide bonds. The van der Waals surface area contributed by atoms with Gasteiger partial charge in [-0.05, 0) is 48.5 Å². The number of azo groups is 1. The molecule has 6 nitrogen and oxygen atoms in total. The normalized spacial score (nSPS) is 11.8. The summed E-state index contributed by atoms with van der Waals surface area (Å²) in [7, 11) is 1.38. The van der Waals surface area contributed by atoms with Gasteiger partial charge in [0.25, 0.3) is 10.1 Å². The quantitative estimate of drug-likeness (QED) is 0.624. The van der Waals surface area contributed by atoms with Crippen molar-refractivity contribution in [1.29, 1.82) is 0 Å². The number of anilines is 1. The molecule has 0 atom stereocenters. The van der Waals surface area contributed by atoms with Crippen molar-refractivity contribution in [3.63, 3.8) is 0 Å². The summed E-state index contributed by atoms with van der Waals surface area (Å²) in [5.41, 5.74) is 2.36. The lowest BCUT2D eigenvalue weighted by atomic mass is 10.3. The molecule has 7 heteroatoms. The smallest absolute Gasteiger partial charge is 0.296 e. The first-order chi connectivity index (χ1) is 10.4. The van der Waals surface area contributed by atoms with Gasteiger partial charge in [0.15, 0.2) is 0 Å². The van der Waals surface area contributed by atoms with Gasteiger partial charge >= 0.3 is 0 Å². The zero-order valence-electron chi connectivity index (χ0n) is 12.6. The average molecular weight is 319 g/mol. The van der Waals surface area contributed by atoms with Crippen LogP contribution in [-0.4, -0.2) is 29.6 Å². The fourth-order valence-electron chi connectivity index (χ4n) is 1.71. The third-order valence-corrected chi connectivity index (χ3v) is 4.28. The molecule has 0 aliphatic rings. The molecular formula is C15H17N3O3S. The van der Waals surface area contributed by atoms with E-state index in [0.29, 0.717) is 5.69 Å². The van der Waals surface area contributed by atoms with E-state index in [0.717, 1.165) is 18.5 Å².